The van der Waals surface area contributed by atoms with Crippen LogP contribution in [0.4, 0.5) is 0 Å². The minimum atomic E-state index is -3.46. The third-order valence-corrected chi connectivity index (χ3v) is 4.24. The summed E-state index contributed by atoms with van der Waals surface area (Å²) in [6, 6.07) is 0.248. The molecule has 7 heteroatoms. The van der Waals surface area contributed by atoms with Crippen molar-refractivity contribution in [2.45, 2.75) is 37.4 Å². The van der Waals surface area contributed by atoms with Crippen molar-refractivity contribution in [3.63, 3.8) is 0 Å². The first kappa shape index (κ1) is 12.5. The van der Waals surface area contributed by atoms with Crippen molar-refractivity contribution in [3.05, 3.63) is 12.5 Å². The standard InChI is InChI=1S/C10H18N4O2S/c1-2-14-7-10(12-8-14)17(15,16)13-6-9-4-3-5-11-9/h7-9,11,13H,2-6H2,1H3. The molecule has 0 spiro atoms. The van der Waals surface area contributed by atoms with Crippen LogP contribution in [0.3, 0.4) is 0 Å². The van der Waals surface area contributed by atoms with Gasteiger partial charge < -0.3 is 9.88 Å². The first-order valence-corrected chi connectivity index (χ1v) is 7.35. The lowest BCUT2D eigenvalue weighted by molar-refractivity contribution is 0.549. The maximum absolute atomic E-state index is 11.9. The Morgan fingerprint density at radius 2 is 2.47 bits per heavy atom. The zero-order valence-corrected chi connectivity index (χ0v) is 10.7. The highest BCUT2D eigenvalue weighted by atomic mass is 32.2. The summed E-state index contributed by atoms with van der Waals surface area (Å²) in [5.74, 6) is 0. The van der Waals surface area contributed by atoms with Gasteiger partial charge in [-0.1, -0.05) is 0 Å². The molecule has 0 saturated carbocycles. The monoisotopic (exact) mass is 258 g/mol. The Labute approximate surface area is 101 Å². The van der Waals surface area contributed by atoms with Gasteiger partial charge in [-0.15, -0.1) is 0 Å². The van der Waals surface area contributed by atoms with Gasteiger partial charge in [0.05, 0.1) is 6.33 Å². The van der Waals surface area contributed by atoms with E-state index >= 15 is 0 Å². The van der Waals surface area contributed by atoms with E-state index in [1.165, 1.54) is 6.33 Å². The molecule has 17 heavy (non-hydrogen) atoms. The maximum Gasteiger partial charge on any atom is 0.259 e. The first-order valence-electron chi connectivity index (χ1n) is 5.86. The van der Waals surface area contributed by atoms with Crippen molar-refractivity contribution in [1.29, 1.82) is 0 Å². The molecule has 1 fully saturated rings. The Morgan fingerprint density at radius 3 is 3.06 bits per heavy atom. The second-order valence-electron chi connectivity index (χ2n) is 4.19. The van der Waals surface area contributed by atoms with Gasteiger partial charge >= 0.3 is 0 Å². The lowest BCUT2D eigenvalue weighted by atomic mass is 10.2. The molecule has 0 aromatic carbocycles. The maximum atomic E-state index is 11.9. The summed E-state index contributed by atoms with van der Waals surface area (Å²) in [4.78, 5) is 3.90. The number of aromatic nitrogens is 2. The molecular weight excluding hydrogens is 240 g/mol. The van der Waals surface area contributed by atoms with E-state index in [2.05, 4.69) is 15.0 Å². The molecule has 2 rings (SSSR count). The molecule has 1 aliphatic heterocycles. The first-order chi connectivity index (χ1) is 8.12. The SMILES string of the molecule is CCn1cnc(S(=O)(=O)NCC2CCCN2)c1. The molecule has 2 heterocycles. The largest absolute Gasteiger partial charge is 0.336 e. The third-order valence-electron chi connectivity index (χ3n) is 2.93. The van der Waals surface area contributed by atoms with Gasteiger partial charge in [0.25, 0.3) is 10.0 Å². The summed E-state index contributed by atoms with van der Waals surface area (Å²) in [7, 11) is -3.46. The molecule has 1 unspecified atom stereocenters. The fourth-order valence-electron chi connectivity index (χ4n) is 1.87. The average Bonchev–Trinajstić information content (AvgIpc) is 2.98. The average molecular weight is 258 g/mol. The van der Waals surface area contributed by atoms with Gasteiger partial charge in [-0.25, -0.2) is 18.1 Å². The molecule has 1 aromatic heterocycles. The highest BCUT2D eigenvalue weighted by Gasteiger charge is 2.20. The van der Waals surface area contributed by atoms with Crippen LogP contribution in [0.15, 0.2) is 17.6 Å². The summed E-state index contributed by atoms with van der Waals surface area (Å²) in [6.45, 7) is 4.05. The molecule has 1 aromatic rings. The molecule has 0 amide bonds. The van der Waals surface area contributed by atoms with Gasteiger partial charge in [-0.05, 0) is 26.3 Å². The van der Waals surface area contributed by atoms with E-state index in [4.69, 9.17) is 0 Å². The van der Waals surface area contributed by atoms with Gasteiger partial charge in [-0.2, -0.15) is 0 Å². The highest BCUT2D eigenvalue weighted by Crippen LogP contribution is 2.07. The zero-order chi connectivity index (χ0) is 12.3. The Hall–Kier alpha value is -0.920. The van der Waals surface area contributed by atoms with Gasteiger partial charge in [0.1, 0.15) is 0 Å². The lowest BCUT2D eigenvalue weighted by Crippen LogP contribution is -2.37. The molecule has 0 aliphatic carbocycles. The van der Waals surface area contributed by atoms with Crippen LogP contribution in [0, 0.1) is 0 Å². The molecule has 0 radical (unpaired) electrons. The zero-order valence-electron chi connectivity index (χ0n) is 9.89. The summed E-state index contributed by atoms with van der Waals surface area (Å²) in [5, 5.41) is 3.34. The molecule has 1 aliphatic rings. The van der Waals surface area contributed by atoms with Crippen LogP contribution in [-0.2, 0) is 16.6 Å². The van der Waals surface area contributed by atoms with Crippen molar-refractivity contribution in [3.8, 4) is 0 Å². The fourth-order valence-corrected chi connectivity index (χ4v) is 2.90. The number of sulfonamides is 1. The van der Waals surface area contributed by atoms with E-state index in [1.54, 1.807) is 10.8 Å². The predicted octanol–water partition coefficient (Wildman–Crippen LogP) is -0.0667. The van der Waals surface area contributed by atoms with E-state index in [0.29, 0.717) is 13.1 Å². The summed E-state index contributed by atoms with van der Waals surface area (Å²) in [5.41, 5.74) is 0. The van der Waals surface area contributed by atoms with E-state index in [0.717, 1.165) is 19.4 Å². The lowest BCUT2D eigenvalue weighted by Gasteiger charge is -2.10. The van der Waals surface area contributed by atoms with Crippen LogP contribution in [0.1, 0.15) is 19.8 Å². The van der Waals surface area contributed by atoms with E-state index in [1.807, 2.05) is 6.92 Å². The highest BCUT2D eigenvalue weighted by molar-refractivity contribution is 7.89. The Morgan fingerprint density at radius 1 is 1.65 bits per heavy atom. The number of aryl methyl sites for hydroxylation is 1. The molecule has 96 valence electrons. The van der Waals surface area contributed by atoms with Crippen LogP contribution in [0.25, 0.3) is 0 Å². The van der Waals surface area contributed by atoms with E-state index < -0.39 is 10.0 Å². The van der Waals surface area contributed by atoms with Crippen molar-refractivity contribution in [2.75, 3.05) is 13.1 Å². The van der Waals surface area contributed by atoms with Gasteiger partial charge in [0.15, 0.2) is 5.03 Å². The number of hydrogen-bond donors (Lipinski definition) is 2. The molecule has 6 nitrogen and oxygen atoms in total. The van der Waals surface area contributed by atoms with Crippen LogP contribution in [0.2, 0.25) is 0 Å². The van der Waals surface area contributed by atoms with Crippen molar-refractivity contribution in [1.82, 2.24) is 19.6 Å². The second-order valence-corrected chi connectivity index (χ2v) is 5.90. The van der Waals surface area contributed by atoms with Crippen LogP contribution >= 0.6 is 0 Å². The topological polar surface area (TPSA) is 76.0 Å². The van der Waals surface area contributed by atoms with E-state index in [-0.39, 0.29) is 11.1 Å². The van der Waals surface area contributed by atoms with Crippen LogP contribution < -0.4 is 10.0 Å². The number of rotatable bonds is 5. The summed E-state index contributed by atoms with van der Waals surface area (Å²) < 4.78 is 28.1. The minimum absolute atomic E-state index is 0.0948. The van der Waals surface area contributed by atoms with Crippen LogP contribution in [0.5, 0.6) is 0 Å². The van der Waals surface area contributed by atoms with Gasteiger partial charge in [0, 0.05) is 25.3 Å². The number of imidazole rings is 1. The van der Waals surface area contributed by atoms with Crippen molar-refractivity contribution < 1.29 is 8.42 Å². The van der Waals surface area contributed by atoms with Gasteiger partial charge in [-0.3, -0.25) is 0 Å². The normalized spacial score (nSPS) is 20.9. The number of hydrogen-bond acceptors (Lipinski definition) is 4. The quantitative estimate of drug-likeness (QED) is 0.775. The third kappa shape index (κ3) is 3.05. The minimum Gasteiger partial charge on any atom is -0.336 e. The van der Waals surface area contributed by atoms with Crippen molar-refractivity contribution in [2.24, 2.45) is 0 Å². The van der Waals surface area contributed by atoms with Gasteiger partial charge in [0.2, 0.25) is 0 Å². The fraction of sp³-hybridized carbons (Fsp3) is 0.700. The molecule has 1 atom stereocenters. The van der Waals surface area contributed by atoms with Crippen LogP contribution in [-0.4, -0.2) is 37.1 Å². The summed E-state index contributed by atoms with van der Waals surface area (Å²) in [6.07, 6.45) is 5.20. The second kappa shape index (κ2) is 5.16. The molecular formula is C10H18N4O2S. The summed E-state index contributed by atoms with van der Waals surface area (Å²) >= 11 is 0. The molecule has 2 N–H and O–H groups in total. The number of nitrogens with zero attached hydrogens (tertiary/aromatic N) is 2. The van der Waals surface area contributed by atoms with Crippen molar-refractivity contribution >= 4 is 10.0 Å². The number of nitrogens with one attached hydrogen (secondary N) is 2. The molecule has 1 saturated heterocycles. The Balaban J connectivity index is 1.97. The Kier molecular flexibility index (Phi) is 3.80. The van der Waals surface area contributed by atoms with E-state index in [9.17, 15) is 8.42 Å². The predicted molar refractivity (Wildman–Crippen MR) is 64.1 cm³/mol. The Bertz CT molecular complexity index is 462. The molecule has 0 bridgehead atoms. The smallest absolute Gasteiger partial charge is 0.259 e.